The van der Waals surface area contributed by atoms with Crippen LogP contribution in [0.5, 0.6) is 5.75 Å². The molecule has 21 heavy (non-hydrogen) atoms. The standard InChI is InChI=1S/C13H17N3O5/c1-16(8-3-5-9(21-2)6-4-8)13(20)15-10(12(18)19)7-11(14)17/h3-6,10H,7H2,1-2H3,(H2,14,17)(H,15,20)(H,18,19). The number of carbonyl (C=O) groups is 3. The van der Waals surface area contributed by atoms with Crippen LogP contribution in [0, 0.1) is 0 Å². The van der Waals surface area contributed by atoms with Crippen molar-refractivity contribution in [3.63, 3.8) is 0 Å². The summed E-state index contributed by atoms with van der Waals surface area (Å²) in [4.78, 5) is 34.9. The first-order valence-electron chi connectivity index (χ1n) is 6.04. The second-order valence-corrected chi connectivity index (χ2v) is 4.27. The Morgan fingerprint density at radius 3 is 2.33 bits per heavy atom. The number of methoxy groups -OCH3 is 1. The number of primary amides is 1. The van der Waals surface area contributed by atoms with Gasteiger partial charge in [0.1, 0.15) is 11.8 Å². The molecule has 8 heteroatoms. The van der Waals surface area contributed by atoms with E-state index in [1.165, 1.54) is 19.1 Å². The van der Waals surface area contributed by atoms with Crippen LogP contribution < -0.4 is 20.7 Å². The molecule has 8 nitrogen and oxygen atoms in total. The SMILES string of the molecule is COc1ccc(N(C)C(=O)NC(CC(N)=O)C(=O)O)cc1. The van der Waals surface area contributed by atoms with E-state index in [-0.39, 0.29) is 0 Å². The molecule has 0 saturated carbocycles. The minimum atomic E-state index is -1.37. The highest BCUT2D eigenvalue weighted by Gasteiger charge is 2.24. The van der Waals surface area contributed by atoms with Gasteiger partial charge in [-0.3, -0.25) is 9.69 Å². The van der Waals surface area contributed by atoms with Crippen LogP contribution in [0.2, 0.25) is 0 Å². The predicted octanol–water partition coefficient (Wildman–Crippen LogP) is 0.170. The van der Waals surface area contributed by atoms with E-state index >= 15 is 0 Å². The minimum absolute atomic E-state index is 0.475. The number of ether oxygens (including phenoxy) is 1. The molecule has 114 valence electrons. The van der Waals surface area contributed by atoms with Gasteiger partial charge in [-0.05, 0) is 24.3 Å². The summed E-state index contributed by atoms with van der Waals surface area (Å²) in [6.07, 6.45) is -0.475. The second-order valence-electron chi connectivity index (χ2n) is 4.27. The molecule has 0 aliphatic rings. The number of hydrogen-bond donors (Lipinski definition) is 3. The Morgan fingerprint density at radius 1 is 1.33 bits per heavy atom. The number of benzene rings is 1. The lowest BCUT2D eigenvalue weighted by Gasteiger charge is -2.21. The summed E-state index contributed by atoms with van der Waals surface area (Å²) in [5, 5.41) is 11.2. The van der Waals surface area contributed by atoms with Crippen molar-refractivity contribution in [2.45, 2.75) is 12.5 Å². The number of rotatable bonds is 6. The van der Waals surface area contributed by atoms with E-state index in [1.54, 1.807) is 24.3 Å². The van der Waals surface area contributed by atoms with Crippen molar-refractivity contribution < 1.29 is 24.2 Å². The van der Waals surface area contributed by atoms with Crippen LogP contribution in [-0.2, 0) is 9.59 Å². The average molecular weight is 295 g/mol. The normalized spacial score (nSPS) is 11.3. The summed E-state index contributed by atoms with van der Waals surface area (Å²) >= 11 is 0. The number of anilines is 1. The lowest BCUT2D eigenvalue weighted by atomic mass is 10.2. The molecule has 0 spiro atoms. The molecular formula is C13H17N3O5. The zero-order valence-corrected chi connectivity index (χ0v) is 11.7. The van der Waals surface area contributed by atoms with Crippen LogP contribution in [0.1, 0.15) is 6.42 Å². The number of amides is 3. The van der Waals surface area contributed by atoms with Crippen molar-refractivity contribution in [3.05, 3.63) is 24.3 Å². The van der Waals surface area contributed by atoms with Gasteiger partial charge >= 0.3 is 12.0 Å². The van der Waals surface area contributed by atoms with Crippen molar-refractivity contribution >= 4 is 23.6 Å². The third-order valence-corrected chi connectivity index (χ3v) is 2.77. The van der Waals surface area contributed by atoms with Crippen LogP contribution in [0.15, 0.2) is 24.3 Å². The predicted molar refractivity (Wildman–Crippen MR) is 75.2 cm³/mol. The van der Waals surface area contributed by atoms with Gasteiger partial charge in [-0.2, -0.15) is 0 Å². The third kappa shape index (κ3) is 4.68. The number of urea groups is 1. The molecule has 4 N–H and O–H groups in total. The molecule has 0 aliphatic carbocycles. The number of nitrogens with one attached hydrogen (secondary N) is 1. The topological polar surface area (TPSA) is 122 Å². The van der Waals surface area contributed by atoms with E-state index in [1.807, 2.05) is 0 Å². The fourth-order valence-electron chi connectivity index (χ4n) is 1.57. The monoisotopic (exact) mass is 295 g/mol. The van der Waals surface area contributed by atoms with E-state index < -0.39 is 30.4 Å². The second kappa shape index (κ2) is 7.13. The zero-order valence-electron chi connectivity index (χ0n) is 11.7. The van der Waals surface area contributed by atoms with Gasteiger partial charge in [0.2, 0.25) is 5.91 Å². The van der Waals surface area contributed by atoms with E-state index in [2.05, 4.69) is 5.32 Å². The number of nitrogens with two attached hydrogens (primary N) is 1. The highest BCUT2D eigenvalue weighted by molar-refractivity contribution is 5.95. The van der Waals surface area contributed by atoms with Gasteiger partial charge in [0.15, 0.2) is 0 Å². The van der Waals surface area contributed by atoms with Gasteiger partial charge < -0.3 is 20.9 Å². The van der Waals surface area contributed by atoms with E-state index in [0.29, 0.717) is 11.4 Å². The van der Waals surface area contributed by atoms with Crippen molar-refractivity contribution in [3.8, 4) is 5.75 Å². The lowest BCUT2D eigenvalue weighted by Crippen LogP contribution is -2.48. The number of hydrogen-bond acceptors (Lipinski definition) is 4. The van der Waals surface area contributed by atoms with Crippen molar-refractivity contribution in [1.29, 1.82) is 0 Å². The van der Waals surface area contributed by atoms with E-state index in [4.69, 9.17) is 15.6 Å². The Kier molecular flexibility index (Phi) is 5.53. The Morgan fingerprint density at radius 2 is 1.90 bits per heavy atom. The van der Waals surface area contributed by atoms with Crippen LogP contribution in [0.25, 0.3) is 0 Å². The molecule has 1 aromatic rings. The summed E-state index contributed by atoms with van der Waals surface area (Å²) in [6, 6.07) is 4.59. The average Bonchev–Trinajstić information content (AvgIpc) is 2.45. The fraction of sp³-hybridized carbons (Fsp3) is 0.308. The molecule has 1 unspecified atom stereocenters. The zero-order chi connectivity index (χ0) is 16.0. The molecule has 1 aromatic carbocycles. The molecule has 3 amide bonds. The van der Waals surface area contributed by atoms with Crippen LogP contribution in [-0.4, -0.2) is 43.2 Å². The molecule has 1 rings (SSSR count). The largest absolute Gasteiger partial charge is 0.497 e. The lowest BCUT2D eigenvalue weighted by molar-refractivity contribution is -0.140. The highest BCUT2D eigenvalue weighted by atomic mass is 16.5. The Hall–Kier alpha value is -2.77. The third-order valence-electron chi connectivity index (χ3n) is 2.77. The Balaban J connectivity index is 2.76. The molecule has 1 atom stereocenters. The number of carbonyl (C=O) groups excluding carboxylic acids is 2. The number of carboxylic acid groups (broad SMARTS) is 1. The summed E-state index contributed by atoms with van der Waals surface area (Å²) < 4.78 is 5.00. The summed E-state index contributed by atoms with van der Waals surface area (Å²) in [5.41, 5.74) is 5.48. The molecule has 0 aliphatic heterocycles. The molecule has 0 radical (unpaired) electrons. The molecule has 0 bridgehead atoms. The van der Waals surface area contributed by atoms with Crippen molar-refractivity contribution in [2.75, 3.05) is 19.1 Å². The Bertz CT molecular complexity index is 529. The quantitative estimate of drug-likeness (QED) is 0.690. The minimum Gasteiger partial charge on any atom is -0.497 e. The molecule has 0 fully saturated rings. The first kappa shape index (κ1) is 16.3. The van der Waals surface area contributed by atoms with Gasteiger partial charge in [0.05, 0.1) is 13.5 Å². The van der Waals surface area contributed by atoms with Crippen molar-refractivity contribution in [1.82, 2.24) is 5.32 Å². The maximum atomic E-state index is 12.0. The maximum Gasteiger partial charge on any atom is 0.326 e. The summed E-state index contributed by atoms with van der Waals surface area (Å²) in [7, 11) is 2.99. The number of nitrogens with zero attached hydrogens (tertiary/aromatic N) is 1. The maximum absolute atomic E-state index is 12.0. The molecule has 0 saturated heterocycles. The molecule has 0 heterocycles. The van der Waals surface area contributed by atoms with Crippen LogP contribution >= 0.6 is 0 Å². The van der Waals surface area contributed by atoms with Crippen LogP contribution in [0.4, 0.5) is 10.5 Å². The first-order valence-corrected chi connectivity index (χ1v) is 6.04. The summed E-state index contributed by atoms with van der Waals surface area (Å²) in [5.74, 6) is -1.51. The van der Waals surface area contributed by atoms with E-state index in [9.17, 15) is 14.4 Å². The van der Waals surface area contributed by atoms with Crippen LogP contribution in [0.3, 0.4) is 0 Å². The fourth-order valence-corrected chi connectivity index (χ4v) is 1.57. The smallest absolute Gasteiger partial charge is 0.326 e. The molecular weight excluding hydrogens is 278 g/mol. The highest BCUT2D eigenvalue weighted by Crippen LogP contribution is 2.18. The Labute approximate surface area is 121 Å². The number of carboxylic acids is 1. The summed E-state index contributed by atoms with van der Waals surface area (Å²) in [6.45, 7) is 0. The van der Waals surface area contributed by atoms with Gasteiger partial charge in [-0.1, -0.05) is 0 Å². The van der Waals surface area contributed by atoms with Crippen molar-refractivity contribution in [2.24, 2.45) is 5.73 Å². The number of aliphatic carboxylic acids is 1. The van der Waals surface area contributed by atoms with Gasteiger partial charge in [-0.25, -0.2) is 9.59 Å². The van der Waals surface area contributed by atoms with E-state index in [0.717, 1.165) is 0 Å². The van der Waals surface area contributed by atoms with Gasteiger partial charge in [0.25, 0.3) is 0 Å². The van der Waals surface area contributed by atoms with Gasteiger partial charge in [0, 0.05) is 12.7 Å². The first-order chi connectivity index (χ1) is 9.85. The molecule has 0 aromatic heterocycles. The van der Waals surface area contributed by atoms with Gasteiger partial charge in [-0.15, -0.1) is 0 Å².